The first-order chi connectivity index (χ1) is 14.2. The molecule has 0 spiro atoms. The van der Waals surface area contributed by atoms with Gasteiger partial charge in [0.05, 0.1) is 17.9 Å². The third-order valence-corrected chi connectivity index (χ3v) is 4.23. The van der Waals surface area contributed by atoms with E-state index in [0.717, 1.165) is 0 Å². The Hall–Kier alpha value is -3.79. The Bertz CT molecular complexity index is 1120. The second-order valence-electron chi connectivity index (χ2n) is 7.71. The number of nitriles is 1. The number of ether oxygens (including phenoxy) is 2. The summed E-state index contributed by atoms with van der Waals surface area (Å²) in [5.74, 6) is -0.0968. The number of esters is 1. The summed E-state index contributed by atoms with van der Waals surface area (Å²) in [6, 6.07) is 13.8. The molecule has 0 saturated carbocycles. The highest BCUT2D eigenvalue weighted by atomic mass is 16.6. The smallest absolute Gasteiger partial charge is 0.344 e. The van der Waals surface area contributed by atoms with Gasteiger partial charge in [0.15, 0.2) is 12.4 Å². The molecular weight excluding hydrogens is 384 g/mol. The number of benzene rings is 2. The van der Waals surface area contributed by atoms with E-state index in [-0.39, 0.29) is 18.3 Å². The minimum absolute atomic E-state index is 0.197. The highest BCUT2D eigenvalue weighted by Gasteiger charge is 2.21. The lowest BCUT2D eigenvalue weighted by molar-refractivity contribution is -0.157. The summed E-state index contributed by atoms with van der Waals surface area (Å²) in [4.78, 5) is 26.1. The van der Waals surface area contributed by atoms with Crippen molar-refractivity contribution in [2.45, 2.75) is 26.4 Å². The number of nitrogens with zero attached hydrogens (tertiary/aromatic N) is 2. The standard InChI is InChI=1S/C23H22N2O5/c1-23(2,3)30-20(26)14-28-18-8-6-17(7-9-18)25(4)22(27)21-19-10-5-15(12-24)11-16(19)13-29-21/h5-11,13H,14H2,1-4H3. The van der Waals surface area contributed by atoms with Crippen LogP contribution in [0.15, 0.2) is 53.1 Å². The van der Waals surface area contributed by atoms with Crippen LogP contribution in [0.1, 0.15) is 36.9 Å². The molecule has 0 radical (unpaired) electrons. The second-order valence-corrected chi connectivity index (χ2v) is 7.71. The topological polar surface area (TPSA) is 92.8 Å². The van der Waals surface area contributed by atoms with Gasteiger partial charge in [0, 0.05) is 23.5 Å². The van der Waals surface area contributed by atoms with Gasteiger partial charge >= 0.3 is 5.97 Å². The molecule has 1 heterocycles. The lowest BCUT2D eigenvalue weighted by Gasteiger charge is -2.19. The van der Waals surface area contributed by atoms with Crippen molar-refractivity contribution in [3.05, 3.63) is 60.1 Å². The van der Waals surface area contributed by atoms with E-state index in [9.17, 15) is 9.59 Å². The molecule has 3 aromatic rings. The van der Waals surface area contributed by atoms with E-state index >= 15 is 0 Å². The van der Waals surface area contributed by atoms with Crippen molar-refractivity contribution in [1.29, 1.82) is 5.26 Å². The zero-order chi connectivity index (χ0) is 21.9. The molecule has 0 atom stereocenters. The van der Waals surface area contributed by atoms with Gasteiger partial charge in [-0.3, -0.25) is 4.79 Å². The molecule has 2 aromatic carbocycles. The Morgan fingerprint density at radius 1 is 1.13 bits per heavy atom. The van der Waals surface area contributed by atoms with E-state index in [1.807, 2.05) is 0 Å². The van der Waals surface area contributed by atoms with Gasteiger partial charge < -0.3 is 18.8 Å². The quantitative estimate of drug-likeness (QED) is 0.587. The summed E-state index contributed by atoms with van der Waals surface area (Å²) in [6.45, 7) is 5.17. The fourth-order valence-corrected chi connectivity index (χ4v) is 2.84. The largest absolute Gasteiger partial charge is 0.482 e. The second kappa shape index (κ2) is 8.29. The predicted molar refractivity (Wildman–Crippen MR) is 111 cm³/mol. The molecule has 1 aromatic heterocycles. The molecule has 7 heteroatoms. The number of fused-ring (bicyclic) bond motifs is 1. The zero-order valence-electron chi connectivity index (χ0n) is 17.3. The van der Waals surface area contributed by atoms with Crippen molar-refractivity contribution in [2.75, 3.05) is 18.6 Å². The van der Waals surface area contributed by atoms with Crippen molar-refractivity contribution < 1.29 is 23.5 Å². The molecule has 154 valence electrons. The molecule has 0 fully saturated rings. The fraction of sp³-hybridized carbons (Fsp3) is 0.261. The molecule has 30 heavy (non-hydrogen) atoms. The molecule has 0 aliphatic rings. The number of anilines is 1. The number of rotatable bonds is 5. The Balaban J connectivity index is 1.68. The van der Waals surface area contributed by atoms with E-state index < -0.39 is 11.6 Å². The van der Waals surface area contributed by atoms with Gasteiger partial charge in [-0.05, 0) is 63.2 Å². The van der Waals surface area contributed by atoms with E-state index in [2.05, 4.69) is 6.07 Å². The molecule has 0 bridgehead atoms. The minimum Gasteiger partial charge on any atom is -0.482 e. The molecule has 0 N–H and O–H groups in total. The van der Waals surface area contributed by atoms with Crippen LogP contribution in [0, 0.1) is 11.3 Å². The summed E-state index contributed by atoms with van der Waals surface area (Å²) in [5, 5.41) is 10.3. The summed E-state index contributed by atoms with van der Waals surface area (Å²) >= 11 is 0. The van der Waals surface area contributed by atoms with Gasteiger partial charge in [-0.15, -0.1) is 0 Å². The van der Waals surface area contributed by atoms with Gasteiger partial charge in [-0.1, -0.05) is 0 Å². The van der Waals surface area contributed by atoms with E-state index in [4.69, 9.17) is 19.2 Å². The summed E-state index contributed by atoms with van der Waals surface area (Å²) in [7, 11) is 1.64. The van der Waals surface area contributed by atoms with Crippen LogP contribution < -0.4 is 9.64 Å². The van der Waals surface area contributed by atoms with Crippen LogP contribution in [-0.2, 0) is 9.53 Å². The SMILES string of the molecule is CN(C(=O)c1occ2cc(C#N)ccc12)c1ccc(OCC(=O)OC(C)(C)C)cc1. The molecule has 0 aliphatic heterocycles. The summed E-state index contributed by atoms with van der Waals surface area (Å²) in [5.41, 5.74) is 0.556. The van der Waals surface area contributed by atoms with E-state index in [0.29, 0.717) is 27.8 Å². The number of carbonyl (C=O) groups excluding carboxylic acids is 2. The van der Waals surface area contributed by atoms with Crippen LogP contribution >= 0.6 is 0 Å². The predicted octanol–water partition coefficient (Wildman–Crippen LogP) is 4.30. The third kappa shape index (κ3) is 4.78. The first kappa shape index (κ1) is 20.9. The number of hydrogen-bond acceptors (Lipinski definition) is 6. The van der Waals surface area contributed by atoms with Crippen LogP contribution in [0.25, 0.3) is 10.8 Å². The van der Waals surface area contributed by atoms with Gasteiger partial charge in [-0.25, -0.2) is 4.79 Å². The fourth-order valence-electron chi connectivity index (χ4n) is 2.84. The average molecular weight is 406 g/mol. The molecule has 7 nitrogen and oxygen atoms in total. The van der Waals surface area contributed by atoms with E-state index in [1.165, 1.54) is 11.2 Å². The third-order valence-electron chi connectivity index (χ3n) is 4.23. The number of amides is 1. The average Bonchev–Trinajstić information content (AvgIpc) is 3.13. The van der Waals surface area contributed by atoms with Crippen molar-refractivity contribution >= 4 is 28.3 Å². The Morgan fingerprint density at radius 2 is 1.83 bits per heavy atom. The first-order valence-electron chi connectivity index (χ1n) is 9.32. The molecule has 0 aliphatic carbocycles. The van der Waals surface area contributed by atoms with Crippen molar-refractivity contribution in [1.82, 2.24) is 0 Å². The van der Waals surface area contributed by atoms with Crippen molar-refractivity contribution in [2.24, 2.45) is 0 Å². The lowest BCUT2D eigenvalue weighted by atomic mass is 10.1. The highest BCUT2D eigenvalue weighted by molar-refractivity contribution is 6.12. The molecule has 1 amide bonds. The number of hydrogen-bond donors (Lipinski definition) is 0. The van der Waals surface area contributed by atoms with Crippen LogP contribution in [0.4, 0.5) is 5.69 Å². The van der Waals surface area contributed by atoms with E-state index in [1.54, 1.807) is 70.3 Å². The van der Waals surface area contributed by atoms with Gasteiger partial charge in [0.25, 0.3) is 5.91 Å². The van der Waals surface area contributed by atoms with Gasteiger partial charge in [0.1, 0.15) is 11.4 Å². The van der Waals surface area contributed by atoms with Crippen LogP contribution in [0.5, 0.6) is 5.75 Å². The minimum atomic E-state index is -0.570. The molecule has 0 unspecified atom stereocenters. The van der Waals surface area contributed by atoms with Gasteiger partial charge in [-0.2, -0.15) is 5.26 Å². The summed E-state index contributed by atoms with van der Waals surface area (Å²) in [6.07, 6.45) is 1.46. The van der Waals surface area contributed by atoms with Crippen molar-refractivity contribution in [3.8, 4) is 11.8 Å². The maximum Gasteiger partial charge on any atom is 0.344 e. The van der Waals surface area contributed by atoms with Crippen LogP contribution in [-0.4, -0.2) is 31.1 Å². The number of furan rings is 1. The zero-order valence-corrected chi connectivity index (χ0v) is 17.3. The Labute approximate surface area is 174 Å². The molecule has 3 rings (SSSR count). The molecule has 0 saturated heterocycles. The molecular formula is C23H22N2O5. The summed E-state index contributed by atoms with van der Waals surface area (Å²) < 4.78 is 16.1. The van der Waals surface area contributed by atoms with Crippen molar-refractivity contribution in [3.63, 3.8) is 0 Å². The van der Waals surface area contributed by atoms with Crippen LogP contribution in [0.2, 0.25) is 0 Å². The lowest BCUT2D eigenvalue weighted by Crippen LogP contribution is -2.27. The van der Waals surface area contributed by atoms with Crippen LogP contribution in [0.3, 0.4) is 0 Å². The monoisotopic (exact) mass is 406 g/mol. The highest BCUT2D eigenvalue weighted by Crippen LogP contribution is 2.26. The normalized spacial score (nSPS) is 11.0. The Kier molecular flexibility index (Phi) is 5.79. The Morgan fingerprint density at radius 3 is 2.47 bits per heavy atom. The first-order valence-corrected chi connectivity index (χ1v) is 9.32. The van der Waals surface area contributed by atoms with Gasteiger partial charge in [0.2, 0.25) is 0 Å². The number of carbonyl (C=O) groups is 2. The maximum atomic E-state index is 12.9. The maximum absolute atomic E-state index is 12.9.